The smallest absolute Gasteiger partial charge is 0.327 e. The van der Waals surface area contributed by atoms with Gasteiger partial charge in [0.2, 0.25) is 0 Å². The maximum absolute atomic E-state index is 11.8. The highest BCUT2D eigenvalue weighted by Crippen LogP contribution is 2.18. The highest BCUT2D eigenvalue weighted by Gasteiger charge is 2.25. The predicted molar refractivity (Wildman–Crippen MR) is 74.0 cm³/mol. The average molecular weight is 268 g/mol. The fraction of sp³-hybridized carbons (Fsp3) is 0.643. The van der Waals surface area contributed by atoms with Crippen LogP contribution in [-0.4, -0.2) is 36.8 Å². The van der Waals surface area contributed by atoms with Gasteiger partial charge in [0.1, 0.15) is 17.9 Å². The highest BCUT2D eigenvalue weighted by molar-refractivity contribution is 5.72. The SMILES string of the molecule is CC/C=C\C1=C(OC)CNN1CC(=O)OC(C)(C)C. The van der Waals surface area contributed by atoms with Gasteiger partial charge in [0.25, 0.3) is 0 Å². The molecule has 0 radical (unpaired) electrons. The van der Waals surface area contributed by atoms with Gasteiger partial charge in [0.05, 0.1) is 19.4 Å². The first-order valence-corrected chi connectivity index (χ1v) is 6.54. The molecule has 0 saturated carbocycles. The van der Waals surface area contributed by atoms with Crippen LogP contribution in [0.3, 0.4) is 0 Å². The summed E-state index contributed by atoms with van der Waals surface area (Å²) in [5, 5.41) is 1.76. The molecule has 0 aliphatic carbocycles. The minimum Gasteiger partial charge on any atom is -0.497 e. The van der Waals surface area contributed by atoms with Crippen molar-refractivity contribution in [3.8, 4) is 0 Å². The van der Waals surface area contributed by atoms with Gasteiger partial charge < -0.3 is 9.47 Å². The second-order valence-electron chi connectivity index (χ2n) is 5.33. The molecule has 108 valence electrons. The Morgan fingerprint density at radius 2 is 2.16 bits per heavy atom. The van der Waals surface area contributed by atoms with Crippen molar-refractivity contribution in [1.82, 2.24) is 10.4 Å². The predicted octanol–water partition coefficient (Wildman–Crippen LogP) is 1.97. The van der Waals surface area contributed by atoms with Crippen molar-refractivity contribution in [1.29, 1.82) is 0 Å². The zero-order valence-electron chi connectivity index (χ0n) is 12.4. The molecule has 0 bridgehead atoms. The number of carbonyl (C=O) groups is 1. The van der Waals surface area contributed by atoms with Crippen molar-refractivity contribution in [2.24, 2.45) is 0 Å². The fourth-order valence-corrected chi connectivity index (χ4v) is 1.73. The van der Waals surface area contributed by atoms with E-state index in [1.54, 1.807) is 12.1 Å². The number of ether oxygens (including phenoxy) is 2. The quantitative estimate of drug-likeness (QED) is 0.773. The standard InChI is InChI=1S/C14H24N2O3/c1-6-7-8-11-12(18-5)9-15-16(11)10-13(17)19-14(2,3)4/h7-8,15H,6,9-10H2,1-5H3/b8-7-. The van der Waals surface area contributed by atoms with Crippen molar-refractivity contribution < 1.29 is 14.3 Å². The Balaban J connectivity index is 2.70. The molecule has 1 heterocycles. The van der Waals surface area contributed by atoms with Crippen molar-refractivity contribution >= 4 is 5.97 Å². The summed E-state index contributed by atoms with van der Waals surface area (Å²) in [7, 11) is 1.63. The van der Waals surface area contributed by atoms with Gasteiger partial charge in [-0.3, -0.25) is 9.80 Å². The summed E-state index contributed by atoms with van der Waals surface area (Å²) in [4.78, 5) is 11.8. The van der Waals surface area contributed by atoms with E-state index in [0.29, 0.717) is 6.54 Å². The molecule has 0 aromatic carbocycles. The molecule has 0 unspecified atom stereocenters. The Kier molecular flexibility index (Phi) is 5.42. The van der Waals surface area contributed by atoms with Crippen LogP contribution in [0.25, 0.3) is 0 Å². The molecule has 1 N–H and O–H groups in total. The fourth-order valence-electron chi connectivity index (χ4n) is 1.73. The van der Waals surface area contributed by atoms with Gasteiger partial charge in [-0.2, -0.15) is 0 Å². The van der Waals surface area contributed by atoms with E-state index in [1.165, 1.54) is 0 Å². The van der Waals surface area contributed by atoms with E-state index < -0.39 is 5.60 Å². The van der Waals surface area contributed by atoms with E-state index in [1.807, 2.05) is 32.9 Å². The monoisotopic (exact) mass is 268 g/mol. The number of hydrazine groups is 1. The van der Waals surface area contributed by atoms with Gasteiger partial charge in [-0.15, -0.1) is 0 Å². The molecule has 19 heavy (non-hydrogen) atoms. The van der Waals surface area contributed by atoms with Gasteiger partial charge in [0.15, 0.2) is 0 Å². The van der Waals surface area contributed by atoms with Crippen molar-refractivity contribution in [3.05, 3.63) is 23.6 Å². The average Bonchev–Trinajstić information content (AvgIpc) is 2.66. The lowest BCUT2D eigenvalue weighted by molar-refractivity contribution is -0.156. The van der Waals surface area contributed by atoms with Crippen molar-refractivity contribution in [2.75, 3.05) is 20.2 Å². The van der Waals surface area contributed by atoms with Crippen molar-refractivity contribution in [3.63, 3.8) is 0 Å². The molecule has 0 atom stereocenters. The molecule has 0 aromatic rings. The Morgan fingerprint density at radius 1 is 1.47 bits per heavy atom. The summed E-state index contributed by atoms with van der Waals surface area (Å²) in [6.07, 6.45) is 4.92. The van der Waals surface area contributed by atoms with E-state index in [4.69, 9.17) is 9.47 Å². The second kappa shape index (κ2) is 6.61. The largest absolute Gasteiger partial charge is 0.497 e. The maximum Gasteiger partial charge on any atom is 0.327 e. The molecule has 5 nitrogen and oxygen atoms in total. The van der Waals surface area contributed by atoms with E-state index in [2.05, 4.69) is 12.3 Å². The highest BCUT2D eigenvalue weighted by atomic mass is 16.6. The molecule has 1 aliphatic heterocycles. The van der Waals surface area contributed by atoms with Crippen LogP contribution in [0.4, 0.5) is 0 Å². The number of hydrogen-bond donors (Lipinski definition) is 1. The second-order valence-corrected chi connectivity index (χ2v) is 5.33. The van der Waals surface area contributed by atoms with Crippen LogP contribution in [0.1, 0.15) is 34.1 Å². The van der Waals surface area contributed by atoms with E-state index in [0.717, 1.165) is 17.9 Å². The van der Waals surface area contributed by atoms with Crippen molar-refractivity contribution in [2.45, 2.75) is 39.7 Å². The van der Waals surface area contributed by atoms with E-state index in [9.17, 15) is 4.79 Å². The van der Waals surface area contributed by atoms with Gasteiger partial charge in [-0.05, 0) is 33.3 Å². The molecule has 0 saturated heterocycles. The van der Waals surface area contributed by atoms with Gasteiger partial charge >= 0.3 is 5.97 Å². The minimum atomic E-state index is -0.468. The van der Waals surface area contributed by atoms with E-state index >= 15 is 0 Å². The number of allylic oxidation sites excluding steroid dienone is 2. The van der Waals surface area contributed by atoms with Crippen LogP contribution in [-0.2, 0) is 14.3 Å². The normalized spacial score (nSPS) is 16.4. The molecule has 0 spiro atoms. The number of carbonyl (C=O) groups excluding carboxylic acids is 1. The molecular weight excluding hydrogens is 244 g/mol. The third-order valence-corrected chi connectivity index (χ3v) is 2.47. The maximum atomic E-state index is 11.8. The molecule has 1 rings (SSSR count). The Hall–Kier alpha value is -1.49. The van der Waals surface area contributed by atoms with Gasteiger partial charge in [0, 0.05) is 0 Å². The first kappa shape index (κ1) is 15.6. The van der Waals surface area contributed by atoms with Crippen LogP contribution in [0.2, 0.25) is 0 Å². The number of rotatable bonds is 5. The summed E-state index contributed by atoms with van der Waals surface area (Å²) < 4.78 is 10.6. The number of methoxy groups -OCH3 is 1. The summed E-state index contributed by atoms with van der Waals surface area (Å²) in [5.41, 5.74) is 3.53. The van der Waals surface area contributed by atoms with Crippen LogP contribution in [0.15, 0.2) is 23.6 Å². The first-order valence-electron chi connectivity index (χ1n) is 6.54. The summed E-state index contributed by atoms with van der Waals surface area (Å²) in [5.74, 6) is 0.563. The molecule has 5 heteroatoms. The Morgan fingerprint density at radius 3 is 2.68 bits per heavy atom. The lowest BCUT2D eigenvalue weighted by Crippen LogP contribution is -2.39. The number of hydrogen-bond acceptors (Lipinski definition) is 5. The lowest BCUT2D eigenvalue weighted by Gasteiger charge is -2.23. The van der Waals surface area contributed by atoms with E-state index in [-0.39, 0.29) is 12.5 Å². The lowest BCUT2D eigenvalue weighted by atomic mass is 10.2. The molecule has 0 amide bonds. The number of esters is 1. The number of nitrogens with zero attached hydrogens (tertiary/aromatic N) is 1. The van der Waals surface area contributed by atoms with Gasteiger partial charge in [-0.1, -0.05) is 13.0 Å². The van der Waals surface area contributed by atoms with Crippen LogP contribution >= 0.6 is 0 Å². The van der Waals surface area contributed by atoms with Crippen LogP contribution < -0.4 is 5.43 Å². The third kappa shape index (κ3) is 4.95. The number of nitrogens with one attached hydrogen (secondary N) is 1. The van der Waals surface area contributed by atoms with Gasteiger partial charge in [-0.25, -0.2) is 5.43 Å². The molecule has 0 fully saturated rings. The third-order valence-electron chi connectivity index (χ3n) is 2.47. The topological polar surface area (TPSA) is 50.8 Å². The Labute approximate surface area is 115 Å². The molecule has 0 aromatic heterocycles. The zero-order valence-corrected chi connectivity index (χ0v) is 12.4. The molecular formula is C14H24N2O3. The minimum absolute atomic E-state index is 0.160. The Bertz CT molecular complexity index is 381. The molecule has 1 aliphatic rings. The van der Waals surface area contributed by atoms with Crippen LogP contribution in [0.5, 0.6) is 0 Å². The van der Waals surface area contributed by atoms with Crippen LogP contribution in [0, 0.1) is 0 Å². The summed E-state index contributed by atoms with van der Waals surface area (Å²) in [6.45, 7) is 8.38. The summed E-state index contributed by atoms with van der Waals surface area (Å²) >= 11 is 0. The zero-order chi connectivity index (χ0) is 14.5. The first-order chi connectivity index (χ1) is 8.87. The summed E-state index contributed by atoms with van der Waals surface area (Å²) in [6, 6.07) is 0.